The van der Waals surface area contributed by atoms with Gasteiger partial charge in [-0.05, 0) is 44.7 Å². The molecule has 0 bridgehead atoms. The van der Waals surface area contributed by atoms with Crippen molar-refractivity contribution < 1.29 is 4.74 Å². The maximum Gasteiger partial charge on any atom is 0.131 e. The standard InChI is InChI=1S/C20H28N4O.2ClH/c1-14-5-6-19(15(2)9-14)25-8-4-7-24(3)20-12-18(22-13-23-20)16-10-17(21)11-16;;/h5-6,9,12-13,16-17H,4,7-8,10-11,21H2,1-3H3;2*1H. The van der Waals surface area contributed by atoms with Gasteiger partial charge in [-0.15, -0.1) is 24.8 Å². The van der Waals surface area contributed by atoms with Crippen LogP contribution < -0.4 is 15.4 Å². The summed E-state index contributed by atoms with van der Waals surface area (Å²) in [4.78, 5) is 11.0. The molecule has 1 aromatic carbocycles. The van der Waals surface area contributed by atoms with Crippen molar-refractivity contribution in [3.8, 4) is 5.75 Å². The van der Waals surface area contributed by atoms with E-state index in [9.17, 15) is 0 Å². The van der Waals surface area contributed by atoms with Crippen LogP contribution in [0.15, 0.2) is 30.6 Å². The third-order valence-electron chi connectivity index (χ3n) is 4.88. The monoisotopic (exact) mass is 412 g/mol. The average molecular weight is 413 g/mol. The molecule has 0 radical (unpaired) electrons. The number of hydrogen-bond donors (Lipinski definition) is 1. The summed E-state index contributed by atoms with van der Waals surface area (Å²) in [5.74, 6) is 2.44. The Morgan fingerprint density at radius 1 is 1.15 bits per heavy atom. The van der Waals surface area contributed by atoms with Crippen LogP contribution in [0.2, 0.25) is 0 Å². The van der Waals surface area contributed by atoms with Crippen molar-refractivity contribution in [3.05, 3.63) is 47.4 Å². The molecule has 0 aliphatic heterocycles. The summed E-state index contributed by atoms with van der Waals surface area (Å²) in [6.07, 6.45) is 4.67. The second-order valence-electron chi connectivity index (χ2n) is 7.12. The fourth-order valence-electron chi connectivity index (χ4n) is 3.26. The number of nitrogens with two attached hydrogens (primary N) is 1. The Hall–Kier alpha value is -1.56. The number of hydrogen-bond acceptors (Lipinski definition) is 5. The van der Waals surface area contributed by atoms with Gasteiger partial charge in [0.2, 0.25) is 0 Å². The van der Waals surface area contributed by atoms with E-state index in [0.29, 0.717) is 18.6 Å². The van der Waals surface area contributed by atoms with Gasteiger partial charge in [-0.3, -0.25) is 0 Å². The molecule has 0 saturated heterocycles. The lowest BCUT2D eigenvalue weighted by Crippen LogP contribution is -2.35. The number of nitrogens with zero attached hydrogens (tertiary/aromatic N) is 3. The highest BCUT2D eigenvalue weighted by Crippen LogP contribution is 2.35. The SMILES string of the molecule is Cc1ccc(OCCCN(C)c2cc(C3CC(N)C3)ncn2)c(C)c1.Cl.Cl. The molecule has 150 valence electrons. The highest BCUT2D eigenvalue weighted by molar-refractivity contribution is 5.85. The molecular weight excluding hydrogens is 383 g/mol. The first kappa shape index (κ1) is 23.5. The van der Waals surface area contributed by atoms with Crippen LogP contribution in [0.4, 0.5) is 5.82 Å². The third kappa shape index (κ3) is 6.23. The van der Waals surface area contributed by atoms with E-state index in [1.165, 1.54) is 11.1 Å². The second-order valence-corrected chi connectivity index (χ2v) is 7.12. The topological polar surface area (TPSA) is 64.3 Å². The van der Waals surface area contributed by atoms with E-state index in [1.54, 1.807) is 6.33 Å². The van der Waals surface area contributed by atoms with Gasteiger partial charge in [0.05, 0.1) is 6.61 Å². The van der Waals surface area contributed by atoms with Gasteiger partial charge in [0.1, 0.15) is 17.9 Å². The lowest BCUT2D eigenvalue weighted by molar-refractivity contribution is 0.310. The summed E-state index contributed by atoms with van der Waals surface area (Å²) in [6, 6.07) is 8.72. The van der Waals surface area contributed by atoms with Gasteiger partial charge in [0.15, 0.2) is 0 Å². The van der Waals surface area contributed by atoms with Crippen molar-refractivity contribution in [2.24, 2.45) is 5.73 Å². The van der Waals surface area contributed by atoms with Gasteiger partial charge in [0, 0.05) is 37.3 Å². The summed E-state index contributed by atoms with van der Waals surface area (Å²) in [7, 11) is 2.07. The molecule has 1 aromatic heterocycles. The van der Waals surface area contributed by atoms with E-state index in [0.717, 1.165) is 43.1 Å². The Labute approximate surface area is 174 Å². The zero-order chi connectivity index (χ0) is 17.8. The van der Waals surface area contributed by atoms with Crippen LogP contribution in [0.25, 0.3) is 0 Å². The molecule has 27 heavy (non-hydrogen) atoms. The first-order valence-electron chi connectivity index (χ1n) is 9.01. The zero-order valence-electron chi connectivity index (χ0n) is 16.2. The molecule has 1 heterocycles. The molecular formula is C20H30Cl2N4O. The number of anilines is 1. The van der Waals surface area contributed by atoms with Crippen molar-refractivity contribution in [3.63, 3.8) is 0 Å². The minimum Gasteiger partial charge on any atom is -0.493 e. The summed E-state index contributed by atoms with van der Waals surface area (Å²) < 4.78 is 5.91. The van der Waals surface area contributed by atoms with E-state index >= 15 is 0 Å². The Kier molecular flexibility index (Phi) is 9.30. The molecule has 0 atom stereocenters. The third-order valence-corrected chi connectivity index (χ3v) is 4.88. The second kappa shape index (κ2) is 10.7. The van der Waals surface area contributed by atoms with Crippen LogP contribution in [0.5, 0.6) is 5.75 Å². The van der Waals surface area contributed by atoms with Crippen LogP contribution in [0.3, 0.4) is 0 Å². The van der Waals surface area contributed by atoms with Crippen molar-refractivity contribution >= 4 is 30.6 Å². The van der Waals surface area contributed by atoms with E-state index in [-0.39, 0.29) is 24.8 Å². The highest BCUT2D eigenvalue weighted by Gasteiger charge is 2.28. The summed E-state index contributed by atoms with van der Waals surface area (Å²) >= 11 is 0. The number of aromatic nitrogens is 2. The molecule has 1 fully saturated rings. The largest absolute Gasteiger partial charge is 0.493 e. The van der Waals surface area contributed by atoms with E-state index in [2.05, 4.69) is 60.0 Å². The lowest BCUT2D eigenvalue weighted by atomic mass is 9.78. The van der Waals surface area contributed by atoms with Crippen molar-refractivity contribution in [2.45, 2.75) is 45.1 Å². The summed E-state index contributed by atoms with van der Waals surface area (Å²) in [5, 5.41) is 0. The van der Waals surface area contributed by atoms with E-state index < -0.39 is 0 Å². The fourth-order valence-corrected chi connectivity index (χ4v) is 3.26. The Balaban J connectivity index is 0.00000182. The highest BCUT2D eigenvalue weighted by atomic mass is 35.5. The van der Waals surface area contributed by atoms with Crippen LogP contribution in [0, 0.1) is 13.8 Å². The first-order valence-corrected chi connectivity index (χ1v) is 9.01. The number of rotatable bonds is 7. The average Bonchev–Trinajstić information content (AvgIpc) is 2.57. The molecule has 5 nitrogen and oxygen atoms in total. The molecule has 1 aliphatic rings. The Morgan fingerprint density at radius 2 is 1.89 bits per heavy atom. The van der Waals surface area contributed by atoms with Crippen LogP contribution in [0.1, 0.15) is 42.0 Å². The first-order chi connectivity index (χ1) is 12.0. The van der Waals surface area contributed by atoms with Gasteiger partial charge in [-0.1, -0.05) is 17.7 Å². The fraction of sp³-hybridized carbons (Fsp3) is 0.500. The maximum absolute atomic E-state index is 5.91. The van der Waals surface area contributed by atoms with Crippen LogP contribution >= 0.6 is 24.8 Å². The van der Waals surface area contributed by atoms with Crippen molar-refractivity contribution in [2.75, 3.05) is 25.1 Å². The molecule has 0 spiro atoms. The van der Waals surface area contributed by atoms with Gasteiger partial charge in [0.25, 0.3) is 0 Å². The number of benzene rings is 1. The molecule has 3 rings (SSSR count). The predicted octanol–water partition coefficient (Wildman–Crippen LogP) is 4.05. The van der Waals surface area contributed by atoms with Crippen LogP contribution in [-0.4, -0.2) is 36.2 Å². The summed E-state index contributed by atoms with van der Waals surface area (Å²) in [6.45, 7) is 5.78. The van der Waals surface area contributed by atoms with Gasteiger partial charge in [-0.25, -0.2) is 9.97 Å². The number of aryl methyl sites for hydroxylation is 2. The molecule has 0 amide bonds. The Morgan fingerprint density at radius 3 is 2.56 bits per heavy atom. The zero-order valence-corrected chi connectivity index (χ0v) is 17.9. The quantitative estimate of drug-likeness (QED) is 0.694. The minimum atomic E-state index is 0. The minimum absolute atomic E-state index is 0. The van der Waals surface area contributed by atoms with Crippen molar-refractivity contribution in [1.29, 1.82) is 0 Å². The normalized spacial score (nSPS) is 17.9. The summed E-state index contributed by atoms with van der Waals surface area (Å²) in [5.41, 5.74) is 9.45. The van der Waals surface area contributed by atoms with Gasteiger partial charge < -0.3 is 15.4 Å². The predicted molar refractivity (Wildman–Crippen MR) is 116 cm³/mol. The molecule has 2 aromatic rings. The van der Waals surface area contributed by atoms with Crippen molar-refractivity contribution in [1.82, 2.24) is 9.97 Å². The van der Waals surface area contributed by atoms with E-state index in [4.69, 9.17) is 10.5 Å². The molecule has 0 unspecified atom stereocenters. The van der Waals surface area contributed by atoms with Gasteiger partial charge >= 0.3 is 0 Å². The van der Waals surface area contributed by atoms with Gasteiger partial charge in [-0.2, -0.15) is 0 Å². The molecule has 7 heteroatoms. The Bertz CT molecular complexity index is 723. The lowest BCUT2D eigenvalue weighted by Gasteiger charge is -2.32. The molecule has 1 aliphatic carbocycles. The van der Waals surface area contributed by atoms with Crippen LogP contribution in [-0.2, 0) is 0 Å². The maximum atomic E-state index is 5.91. The number of halogens is 2. The molecule has 1 saturated carbocycles. The van der Waals surface area contributed by atoms with E-state index in [1.807, 2.05) is 0 Å². The molecule has 2 N–H and O–H groups in total. The smallest absolute Gasteiger partial charge is 0.131 e. The number of ether oxygens (including phenoxy) is 1.